The topological polar surface area (TPSA) is 12.0 Å². The Balaban J connectivity index is 1.89. The van der Waals surface area contributed by atoms with Crippen LogP contribution >= 0.6 is 0 Å². The molecule has 1 N–H and O–H groups in total. The van der Waals surface area contributed by atoms with Gasteiger partial charge in [0.25, 0.3) is 0 Å². The van der Waals surface area contributed by atoms with Crippen LogP contribution in [0.1, 0.15) is 59.8 Å². The zero-order chi connectivity index (χ0) is 13.1. The van der Waals surface area contributed by atoms with Crippen LogP contribution in [0.15, 0.2) is 0 Å². The third kappa shape index (κ3) is 1.69. The molecule has 4 rings (SSSR count). The second-order valence-corrected chi connectivity index (χ2v) is 8.65. The first-order valence-electron chi connectivity index (χ1n) is 8.03. The molecule has 0 heterocycles. The molecule has 4 bridgehead atoms. The van der Waals surface area contributed by atoms with Gasteiger partial charge in [-0.3, -0.25) is 0 Å². The summed E-state index contributed by atoms with van der Waals surface area (Å²) in [4.78, 5) is 0. The van der Waals surface area contributed by atoms with Gasteiger partial charge in [-0.25, -0.2) is 0 Å². The standard InChI is InChI=1S/C17H31N/c1-11(18-5)15-13-6-12-7-14(15)10-17(8-12,9-13)16(2,3)4/h11-15,18H,6-10H2,1-5H3. The zero-order valence-corrected chi connectivity index (χ0v) is 12.9. The van der Waals surface area contributed by atoms with E-state index in [2.05, 4.69) is 40.1 Å². The summed E-state index contributed by atoms with van der Waals surface area (Å²) in [6.07, 6.45) is 7.63. The summed E-state index contributed by atoms with van der Waals surface area (Å²) in [5.74, 6) is 4.04. The van der Waals surface area contributed by atoms with Crippen molar-refractivity contribution in [1.29, 1.82) is 0 Å². The van der Waals surface area contributed by atoms with Crippen LogP contribution < -0.4 is 5.32 Å². The average molecular weight is 249 g/mol. The fourth-order valence-corrected chi connectivity index (χ4v) is 5.99. The molecular weight excluding hydrogens is 218 g/mol. The minimum absolute atomic E-state index is 0.510. The lowest BCUT2D eigenvalue weighted by atomic mass is 9.40. The molecule has 1 nitrogen and oxygen atoms in total. The van der Waals surface area contributed by atoms with E-state index in [1.165, 1.54) is 32.1 Å². The molecule has 0 aliphatic heterocycles. The molecule has 0 aromatic carbocycles. The fraction of sp³-hybridized carbons (Fsp3) is 1.00. The van der Waals surface area contributed by atoms with Gasteiger partial charge in [-0.05, 0) is 80.6 Å². The number of rotatable bonds is 2. The molecule has 0 saturated heterocycles. The Morgan fingerprint density at radius 1 is 1.06 bits per heavy atom. The van der Waals surface area contributed by atoms with E-state index in [4.69, 9.17) is 0 Å². The van der Waals surface area contributed by atoms with Crippen LogP contribution in [0.25, 0.3) is 0 Å². The normalized spacial score (nSPS) is 48.5. The second kappa shape index (κ2) is 3.98. The van der Waals surface area contributed by atoms with Crippen LogP contribution in [-0.2, 0) is 0 Å². The van der Waals surface area contributed by atoms with Crippen molar-refractivity contribution < 1.29 is 0 Å². The molecule has 4 aliphatic carbocycles. The van der Waals surface area contributed by atoms with Crippen molar-refractivity contribution in [1.82, 2.24) is 5.32 Å². The van der Waals surface area contributed by atoms with Crippen LogP contribution in [0.4, 0.5) is 0 Å². The Labute approximate surface area is 113 Å². The van der Waals surface area contributed by atoms with E-state index in [1.54, 1.807) is 0 Å². The molecule has 104 valence electrons. The Kier molecular flexibility index (Phi) is 2.86. The summed E-state index contributed by atoms with van der Waals surface area (Å²) in [6.45, 7) is 9.90. The largest absolute Gasteiger partial charge is 0.317 e. The molecule has 4 fully saturated rings. The Bertz CT molecular complexity index is 311. The van der Waals surface area contributed by atoms with Gasteiger partial charge in [0.15, 0.2) is 0 Å². The van der Waals surface area contributed by atoms with E-state index in [0.717, 1.165) is 29.7 Å². The van der Waals surface area contributed by atoms with Gasteiger partial charge < -0.3 is 5.32 Å². The molecule has 0 aromatic rings. The van der Waals surface area contributed by atoms with E-state index < -0.39 is 0 Å². The highest BCUT2D eigenvalue weighted by Crippen LogP contribution is 2.67. The lowest BCUT2D eigenvalue weighted by Gasteiger charge is -2.65. The average Bonchev–Trinajstić information content (AvgIpc) is 2.25. The second-order valence-electron chi connectivity index (χ2n) is 8.65. The van der Waals surface area contributed by atoms with Crippen LogP contribution in [0, 0.1) is 34.5 Å². The van der Waals surface area contributed by atoms with Gasteiger partial charge in [0, 0.05) is 6.04 Å². The van der Waals surface area contributed by atoms with Crippen molar-refractivity contribution in [3.05, 3.63) is 0 Å². The van der Waals surface area contributed by atoms with E-state index in [-0.39, 0.29) is 0 Å². The van der Waals surface area contributed by atoms with E-state index in [0.29, 0.717) is 10.8 Å². The maximum Gasteiger partial charge on any atom is 0.00693 e. The SMILES string of the molecule is CNC(C)C1C2CC3CC1CC(C(C)(C)C)(C3)C2. The number of hydrogen-bond donors (Lipinski definition) is 1. The van der Waals surface area contributed by atoms with Gasteiger partial charge in [-0.2, -0.15) is 0 Å². The van der Waals surface area contributed by atoms with Crippen molar-refractivity contribution in [3.8, 4) is 0 Å². The summed E-state index contributed by atoms with van der Waals surface area (Å²) in [5, 5.41) is 3.54. The van der Waals surface area contributed by atoms with E-state index in [9.17, 15) is 0 Å². The van der Waals surface area contributed by atoms with Crippen LogP contribution in [0.3, 0.4) is 0 Å². The van der Waals surface area contributed by atoms with Crippen LogP contribution in [-0.4, -0.2) is 13.1 Å². The molecule has 0 spiro atoms. The summed E-state index contributed by atoms with van der Waals surface area (Å²) < 4.78 is 0. The molecular formula is C17H31N. The lowest BCUT2D eigenvalue weighted by molar-refractivity contribution is -0.149. The quantitative estimate of drug-likeness (QED) is 0.777. The van der Waals surface area contributed by atoms with Crippen molar-refractivity contribution in [3.63, 3.8) is 0 Å². The first kappa shape index (κ1) is 13.0. The van der Waals surface area contributed by atoms with Gasteiger partial charge in [-0.1, -0.05) is 20.8 Å². The third-order valence-corrected chi connectivity index (χ3v) is 6.97. The number of hydrogen-bond acceptors (Lipinski definition) is 1. The molecule has 0 radical (unpaired) electrons. The Hall–Kier alpha value is -0.0400. The molecule has 0 aromatic heterocycles. The summed E-state index contributed by atoms with van der Waals surface area (Å²) in [5.41, 5.74) is 1.18. The van der Waals surface area contributed by atoms with Crippen molar-refractivity contribution in [2.45, 2.75) is 65.8 Å². The fourth-order valence-electron chi connectivity index (χ4n) is 5.99. The Morgan fingerprint density at radius 3 is 2.06 bits per heavy atom. The minimum Gasteiger partial charge on any atom is -0.317 e. The van der Waals surface area contributed by atoms with E-state index >= 15 is 0 Å². The van der Waals surface area contributed by atoms with Gasteiger partial charge in [0.05, 0.1) is 0 Å². The highest BCUT2D eigenvalue weighted by molar-refractivity contribution is 5.09. The monoisotopic (exact) mass is 249 g/mol. The smallest absolute Gasteiger partial charge is 0.00693 e. The lowest BCUT2D eigenvalue weighted by Crippen LogP contribution is -2.58. The molecule has 0 amide bonds. The summed E-state index contributed by atoms with van der Waals surface area (Å²) in [6, 6.07) is 0.719. The summed E-state index contributed by atoms with van der Waals surface area (Å²) in [7, 11) is 2.15. The number of nitrogens with one attached hydrogen (secondary N) is 1. The van der Waals surface area contributed by atoms with E-state index in [1.807, 2.05) is 0 Å². The highest BCUT2D eigenvalue weighted by Gasteiger charge is 2.59. The molecule has 18 heavy (non-hydrogen) atoms. The predicted octanol–water partition coefficient (Wildman–Crippen LogP) is 4.08. The molecule has 1 heteroatoms. The predicted molar refractivity (Wildman–Crippen MR) is 77.5 cm³/mol. The van der Waals surface area contributed by atoms with Crippen LogP contribution in [0.2, 0.25) is 0 Å². The molecule has 3 unspecified atom stereocenters. The van der Waals surface area contributed by atoms with Crippen LogP contribution in [0.5, 0.6) is 0 Å². The van der Waals surface area contributed by atoms with Crippen molar-refractivity contribution in [2.24, 2.45) is 34.5 Å². The van der Waals surface area contributed by atoms with Gasteiger partial charge >= 0.3 is 0 Å². The molecule has 3 atom stereocenters. The summed E-state index contributed by atoms with van der Waals surface area (Å²) >= 11 is 0. The maximum atomic E-state index is 3.54. The first-order chi connectivity index (χ1) is 8.36. The Morgan fingerprint density at radius 2 is 1.61 bits per heavy atom. The highest BCUT2D eigenvalue weighted by atomic mass is 14.9. The zero-order valence-electron chi connectivity index (χ0n) is 12.9. The van der Waals surface area contributed by atoms with Crippen molar-refractivity contribution >= 4 is 0 Å². The van der Waals surface area contributed by atoms with Crippen molar-refractivity contribution in [2.75, 3.05) is 7.05 Å². The van der Waals surface area contributed by atoms with Gasteiger partial charge in [0.2, 0.25) is 0 Å². The molecule has 4 saturated carbocycles. The third-order valence-electron chi connectivity index (χ3n) is 6.97. The van der Waals surface area contributed by atoms with Gasteiger partial charge in [-0.15, -0.1) is 0 Å². The maximum absolute atomic E-state index is 3.54. The van der Waals surface area contributed by atoms with Gasteiger partial charge in [0.1, 0.15) is 0 Å². The molecule has 4 aliphatic rings. The minimum atomic E-state index is 0.510. The first-order valence-corrected chi connectivity index (χ1v) is 8.03.